The number of likely N-dealkylation sites (N-methyl/N-ethyl adjacent to an activating group) is 1. The second kappa shape index (κ2) is 11.7. The second-order valence-electron chi connectivity index (χ2n) is 8.75. The molecule has 1 aromatic heterocycles. The van der Waals surface area contributed by atoms with E-state index in [9.17, 15) is 14.4 Å². The van der Waals surface area contributed by atoms with Crippen molar-refractivity contribution in [3.8, 4) is 5.75 Å². The lowest BCUT2D eigenvalue weighted by molar-refractivity contribution is -0.135. The fourth-order valence-corrected chi connectivity index (χ4v) is 4.02. The molecule has 1 N–H and O–H groups in total. The number of ether oxygens (including phenoxy) is 2. The molecule has 0 spiro atoms. The zero-order valence-corrected chi connectivity index (χ0v) is 20.9. The number of hydrogen-bond donors (Lipinski definition) is 1. The Morgan fingerprint density at radius 3 is 2.66 bits per heavy atom. The number of carbonyl (C=O) groups excluding carboxylic acids is 3. The Hall–Kier alpha value is -3.53. The second-order valence-corrected chi connectivity index (χ2v) is 8.75. The van der Waals surface area contributed by atoms with E-state index in [1.807, 2.05) is 25.7 Å². The Morgan fingerprint density at radius 2 is 2.00 bits per heavy atom. The van der Waals surface area contributed by atoms with E-state index in [2.05, 4.69) is 15.3 Å². The number of anilines is 1. The highest BCUT2D eigenvalue weighted by atomic mass is 16.5. The van der Waals surface area contributed by atoms with Crippen LogP contribution in [-0.4, -0.2) is 83.5 Å². The Kier molecular flexibility index (Phi) is 8.75. The van der Waals surface area contributed by atoms with Crippen LogP contribution >= 0.6 is 0 Å². The molecule has 3 amide bonds. The number of aromatic nitrogens is 2. The molecule has 1 aliphatic heterocycles. The zero-order valence-electron chi connectivity index (χ0n) is 20.9. The van der Waals surface area contributed by atoms with Gasteiger partial charge in [-0.1, -0.05) is 13.8 Å². The Balaban J connectivity index is 1.94. The van der Waals surface area contributed by atoms with Crippen LogP contribution < -0.4 is 10.1 Å². The molecule has 0 bridgehead atoms. The number of methoxy groups -OCH3 is 1. The van der Waals surface area contributed by atoms with Crippen LogP contribution in [-0.2, 0) is 9.53 Å². The summed E-state index contributed by atoms with van der Waals surface area (Å²) < 4.78 is 11.7. The quantitative estimate of drug-likeness (QED) is 0.711. The molecule has 1 aliphatic rings. The van der Waals surface area contributed by atoms with E-state index in [0.29, 0.717) is 36.5 Å². The zero-order chi connectivity index (χ0) is 25.5. The molecule has 0 aliphatic carbocycles. The molecule has 0 fully saturated rings. The summed E-state index contributed by atoms with van der Waals surface area (Å²) in [6.07, 6.45) is 4.39. The lowest BCUT2D eigenvalue weighted by Crippen LogP contribution is -2.48. The van der Waals surface area contributed by atoms with E-state index in [1.54, 1.807) is 37.3 Å². The van der Waals surface area contributed by atoms with Crippen molar-refractivity contribution in [3.05, 3.63) is 48.0 Å². The van der Waals surface area contributed by atoms with Gasteiger partial charge in [0.1, 0.15) is 18.1 Å². The Morgan fingerprint density at radius 1 is 1.23 bits per heavy atom. The number of carbonyl (C=O) groups is 3. The van der Waals surface area contributed by atoms with Crippen LogP contribution in [0.5, 0.6) is 5.75 Å². The molecule has 2 heterocycles. The molecule has 0 radical (unpaired) electrons. The summed E-state index contributed by atoms with van der Waals surface area (Å²) >= 11 is 0. The molecule has 3 rings (SSSR count). The van der Waals surface area contributed by atoms with Crippen molar-refractivity contribution in [2.45, 2.75) is 39.3 Å². The van der Waals surface area contributed by atoms with Crippen molar-refractivity contribution in [2.75, 3.05) is 39.2 Å². The first kappa shape index (κ1) is 26.1. The van der Waals surface area contributed by atoms with E-state index in [4.69, 9.17) is 9.47 Å². The molecular formula is C25H33N5O5. The highest BCUT2D eigenvalue weighted by Crippen LogP contribution is 2.27. The topological polar surface area (TPSA) is 114 Å². The molecular weight excluding hydrogens is 450 g/mol. The molecule has 0 saturated heterocycles. The van der Waals surface area contributed by atoms with Gasteiger partial charge in [0.15, 0.2) is 0 Å². The molecule has 3 atom stereocenters. The van der Waals surface area contributed by atoms with E-state index in [1.165, 1.54) is 18.6 Å². The van der Waals surface area contributed by atoms with Gasteiger partial charge in [-0.05, 0) is 25.1 Å². The van der Waals surface area contributed by atoms with Crippen LogP contribution in [0.25, 0.3) is 0 Å². The minimum absolute atomic E-state index is 0.00954. The van der Waals surface area contributed by atoms with Crippen molar-refractivity contribution < 1.29 is 23.9 Å². The number of rotatable bonds is 4. The Labute approximate surface area is 205 Å². The third-order valence-electron chi connectivity index (χ3n) is 6.12. The molecule has 188 valence electrons. The summed E-state index contributed by atoms with van der Waals surface area (Å²) in [5.41, 5.74) is 0.879. The normalized spacial score (nSPS) is 21.3. The molecule has 2 aromatic rings. The maximum atomic E-state index is 13.4. The monoisotopic (exact) mass is 483 g/mol. The van der Waals surface area contributed by atoms with Gasteiger partial charge in [0, 0.05) is 57.7 Å². The smallest absolute Gasteiger partial charge is 0.275 e. The first-order valence-electron chi connectivity index (χ1n) is 11.7. The predicted octanol–water partition coefficient (Wildman–Crippen LogP) is 2.47. The summed E-state index contributed by atoms with van der Waals surface area (Å²) in [7, 11) is 3.30. The lowest BCUT2D eigenvalue weighted by Gasteiger charge is -2.36. The van der Waals surface area contributed by atoms with Crippen LogP contribution in [0, 0.1) is 5.92 Å². The van der Waals surface area contributed by atoms with Crippen molar-refractivity contribution in [2.24, 2.45) is 5.92 Å². The van der Waals surface area contributed by atoms with Crippen LogP contribution in [0.2, 0.25) is 0 Å². The van der Waals surface area contributed by atoms with Gasteiger partial charge >= 0.3 is 0 Å². The predicted molar refractivity (Wildman–Crippen MR) is 130 cm³/mol. The first-order valence-corrected chi connectivity index (χ1v) is 11.7. The standard InChI is InChI=1S/C25H33N5O5/c1-6-23(31)30-13-16(2)22(34-5)14-29(4)25(33)19-11-18(7-8-21(19)35-15-17(30)3)28-24(32)20-12-26-9-10-27-20/h7-12,16-17,22H,6,13-15H2,1-5H3,(H,28,32)/t16-,17+,22+/m1/s1. The minimum atomic E-state index is -0.441. The Bertz CT molecular complexity index is 1050. The van der Waals surface area contributed by atoms with Crippen LogP contribution in [0.3, 0.4) is 0 Å². The average Bonchev–Trinajstić information content (AvgIpc) is 2.88. The van der Waals surface area contributed by atoms with Crippen molar-refractivity contribution in [1.29, 1.82) is 0 Å². The van der Waals surface area contributed by atoms with Crippen molar-refractivity contribution >= 4 is 23.4 Å². The SMILES string of the molecule is CCC(=O)N1C[C@@H](C)[C@@H](OC)CN(C)C(=O)c2cc(NC(=O)c3cnccn3)ccc2OC[C@@H]1C. The van der Waals surface area contributed by atoms with Gasteiger partial charge in [-0.3, -0.25) is 19.4 Å². The van der Waals surface area contributed by atoms with Gasteiger partial charge < -0.3 is 24.6 Å². The lowest BCUT2D eigenvalue weighted by atomic mass is 10.0. The molecule has 35 heavy (non-hydrogen) atoms. The third kappa shape index (κ3) is 6.33. The van der Waals surface area contributed by atoms with Crippen molar-refractivity contribution in [3.63, 3.8) is 0 Å². The molecule has 1 aromatic carbocycles. The van der Waals surface area contributed by atoms with Crippen LogP contribution in [0.1, 0.15) is 48.0 Å². The molecule has 0 unspecified atom stereocenters. The third-order valence-corrected chi connectivity index (χ3v) is 6.12. The number of nitrogens with one attached hydrogen (secondary N) is 1. The number of nitrogens with zero attached hydrogens (tertiary/aromatic N) is 4. The average molecular weight is 484 g/mol. The summed E-state index contributed by atoms with van der Waals surface area (Å²) in [5, 5.41) is 2.75. The minimum Gasteiger partial charge on any atom is -0.491 e. The number of amides is 3. The van der Waals surface area contributed by atoms with Gasteiger partial charge in [0.25, 0.3) is 11.8 Å². The fourth-order valence-electron chi connectivity index (χ4n) is 4.02. The van der Waals surface area contributed by atoms with E-state index >= 15 is 0 Å². The maximum Gasteiger partial charge on any atom is 0.275 e. The van der Waals surface area contributed by atoms with Crippen molar-refractivity contribution in [1.82, 2.24) is 19.8 Å². The van der Waals surface area contributed by atoms with Gasteiger partial charge in [-0.2, -0.15) is 0 Å². The summed E-state index contributed by atoms with van der Waals surface area (Å²) in [5.74, 6) is -0.308. The largest absolute Gasteiger partial charge is 0.491 e. The fraction of sp³-hybridized carbons (Fsp3) is 0.480. The number of benzene rings is 1. The first-order chi connectivity index (χ1) is 16.7. The summed E-state index contributed by atoms with van der Waals surface area (Å²) in [6, 6.07) is 4.68. The summed E-state index contributed by atoms with van der Waals surface area (Å²) in [4.78, 5) is 49.9. The summed E-state index contributed by atoms with van der Waals surface area (Å²) in [6.45, 7) is 6.81. The van der Waals surface area contributed by atoms with E-state index in [0.717, 1.165) is 0 Å². The highest BCUT2D eigenvalue weighted by molar-refractivity contribution is 6.04. The van der Waals surface area contributed by atoms with Gasteiger partial charge in [0.05, 0.1) is 23.9 Å². The molecule has 10 heteroatoms. The van der Waals surface area contributed by atoms with Gasteiger partial charge in [-0.25, -0.2) is 4.98 Å². The maximum absolute atomic E-state index is 13.4. The molecule has 10 nitrogen and oxygen atoms in total. The van der Waals surface area contributed by atoms with Gasteiger partial charge in [0.2, 0.25) is 5.91 Å². The van der Waals surface area contributed by atoms with E-state index < -0.39 is 5.91 Å². The van der Waals surface area contributed by atoms with E-state index in [-0.39, 0.29) is 42.2 Å². The van der Waals surface area contributed by atoms with Gasteiger partial charge in [-0.15, -0.1) is 0 Å². The highest BCUT2D eigenvalue weighted by Gasteiger charge is 2.30. The number of fused-ring (bicyclic) bond motifs is 1. The van der Waals surface area contributed by atoms with Crippen LogP contribution in [0.15, 0.2) is 36.8 Å². The van der Waals surface area contributed by atoms with Crippen LogP contribution in [0.4, 0.5) is 5.69 Å². The molecule has 0 saturated carbocycles. The number of hydrogen-bond acceptors (Lipinski definition) is 7.